The van der Waals surface area contributed by atoms with E-state index in [0.717, 1.165) is 32.7 Å². The van der Waals surface area contributed by atoms with E-state index < -0.39 is 15.9 Å². The zero-order valence-corrected chi connectivity index (χ0v) is 17.9. The van der Waals surface area contributed by atoms with Gasteiger partial charge in [-0.2, -0.15) is 5.26 Å². The van der Waals surface area contributed by atoms with E-state index >= 15 is 0 Å². The summed E-state index contributed by atoms with van der Waals surface area (Å²) in [5.41, 5.74) is 0.586. The molecule has 2 heterocycles. The minimum absolute atomic E-state index is 0.227. The summed E-state index contributed by atoms with van der Waals surface area (Å²) >= 11 is 0. The van der Waals surface area contributed by atoms with Gasteiger partial charge in [0.05, 0.1) is 17.4 Å². The molecule has 0 bridgehead atoms. The highest BCUT2D eigenvalue weighted by atomic mass is 32.2. The molecular formula is C21H31N3O4S. The Morgan fingerprint density at radius 1 is 1.17 bits per heavy atom. The summed E-state index contributed by atoms with van der Waals surface area (Å²) in [7, 11) is -2.87. The van der Waals surface area contributed by atoms with Gasteiger partial charge in [-0.1, -0.05) is 6.92 Å². The molecule has 0 aromatic heterocycles. The smallest absolute Gasteiger partial charge is 0.150 e. The maximum atomic E-state index is 11.6. The van der Waals surface area contributed by atoms with E-state index in [-0.39, 0.29) is 18.1 Å². The van der Waals surface area contributed by atoms with E-state index in [1.54, 1.807) is 31.2 Å². The van der Waals surface area contributed by atoms with Gasteiger partial charge < -0.3 is 14.7 Å². The highest BCUT2D eigenvalue weighted by molar-refractivity contribution is 7.91. The van der Waals surface area contributed by atoms with Crippen LogP contribution in [0.2, 0.25) is 0 Å². The summed E-state index contributed by atoms with van der Waals surface area (Å²) in [6, 6.07) is 8.95. The van der Waals surface area contributed by atoms with Crippen molar-refractivity contribution in [1.29, 1.82) is 5.26 Å². The number of nitrogens with zero attached hydrogens (tertiary/aromatic N) is 3. The van der Waals surface area contributed by atoms with Crippen molar-refractivity contribution in [2.24, 2.45) is 11.8 Å². The topological polar surface area (TPSA) is 93.9 Å². The van der Waals surface area contributed by atoms with Crippen LogP contribution in [0, 0.1) is 23.2 Å². The molecule has 1 N–H and O–H groups in total. The van der Waals surface area contributed by atoms with Crippen LogP contribution in [0.4, 0.5) is 0 Å². The second-order valence-electron chi connectivity index (χ2n) is 8.19. The van der Waals surface area contributed by atoms with Gasteiger partial charge in [-0.25, -0.2) is 8.42 Å². The molecule has 3 rings (SSSR count). The van der Waals surface area contributed by atoms with Gasteiger partial charge in [0, 0.05) is 38.5 Å². The highest BCUT2D eigenvalue weighted by Gasteiger charge is 2.39. The molecule has 0 amide bonds. The van der Waals surface area contributed by atoms with Crippen molar-refractivity contribution in [1.82, 2.24) is 9.80 Å². The van der Waals surface area contributed by atoms with Crippen LogP contribution in [0.15, 0.2) is 24.3 Å². The number of sulfone groups is 1. The third kappa shape index (κ3) is 6.41. The molecule has 2 aliphatic heterocycles. The monoisotopic (exact) mass is 421 g/mol. The van der Waals surface area contributed by atoms with E-state index in [2.05, 4.69) is 15.9 Å². The van der Waals surface area contributed by atoms with Crippen LogP contribution in [0.1, 0.15) is 18.9 Å². The summed E-state index contributed by atoms with van der Waals surface area (Å²) in [6.07, 6.45) is 0.157. The van der Waals surface area contributed by atoms with Crippen LogP contribution < -0.4 is 4.74 Å². The number of hydrogen-bond donors (Lipinski definition) is 1. The Bertz CT molecular complexity index is 792. The molecular weight excluding hydrogens is 390 g/mol. The second-order valence-corrected chi connectivity index (χ2v) is 10.7. The number of likely N-dealkylation sites (tertiary alicyclic amines) is 2. The Morgan fingerprint density at radius 3 is 2.38 bits per heavy atom. The van der Waals surface area contributed by atoms with Gasteiger partial charge in [-0.3, -0.25) is 4.90 Å². The first kappa shape index (κ1) is 22.0. The molecule has 0 spiro atoms. The Labute approximate surface area is 173 Å². The van der Waals surface area contributed by atoms with Crippen molar-refractivity contribution in [3.05, 3.63) is 29.8 Å². The first-order valence-corrected chi connectivity index (χ1v) is 12.2. The highest BCUT2D eigenvalue weighted by Crippen LogP contribution is 2.31. The normalized spacial score (nSPS) is 23.6. The van der Waals surface area contributed by atoms with Crippen molar-refractivity contribution < 1.29 is 18.3 Å². The Hall–Kier alpha value is -1.66. The standard InChI is InChI=1S/C21H31N3O4S/c1-2-29(26,27)9-3-8-23-11-18-13-24(14-19(18)12-23)15-20(25)16-28-21-6-4-17(10-22)5-7-21/h4-7,18-20,25H,2-3,8-9,11-16H2,1H3/t18?,19?,20-/m1/s1. The Morgan fingerprint density at radius 2 is 1.79 bits per heavy atom. The van der Waals surface area contributed by atoms with Crippen molar-refractivity contribution in [3.8, 4) is 11.8 Å². The minimum Gasteiger partial charge on any atom is -0.491 e. The third-order valence-electron chi connectivity index (χ3n) is 5.90. The second kappa shape index (κ2) is 9.90. The molecule has 7 nitrogen and oxygen atoms in total. The number of aliphatic hydroxyl groups is 1. The minimum atomic E-state index is -2.87. The lowest BCUT2D eigenvalue weighted by atomic mass is 10.0. The average Bonchev–Trinajstić information content (AvgIpc) is 3.24. The van der Waals surface area contributed by atoms with Gasteiger partial charge in [0.15, 0.2) is 0 Å². The first-order chi connectivity index (χ1) is 13.9. The van der Waals surface area contributed by atoms with Gasteiger partial charge >= 0.3 is 0 Å². The average molecular weight is 422 g/mol. The number of ether oxygens (including phenoxy) is 1. The van der Waals surface area contributed by atoms with E-state index in [1.165, 1.54) is 0 Å². The first-order valence-electron chi connectivity index (χ1n) is 10.3. The Balaban J connectivity index is 1.34. The molecule has 1 aromatic carbocycles. The maximum absolute atomic E-state index is 11.6. The third-order valence-corrected chi connectivity index (χ3v) is 7.69. The molecule has 29 heavy (non-hydrogen) atoms. The zero-order chi connectivity index (χ0) is 20.9. The molecule has 0 radical (unpaired) electrons. The van der Waals surface area contributed by atoms with E-state index in [0.29, 0.717) is 36.1 Å². The van der Waals surface area contributed by atoms with E-state index in [4.69, 9.17) is 10.00 Å². The lowest BCUT2D eigenvalue weighted by Crippen LogP contribution is -2.36. The number of rotatable bonds is 10. The van der Waals surface area contributed by atoms with Gasteiger partial charge in [0.25, 0.3) is 0 Å². The van der Waals surface area contributed by atoms with Gasteiger partial charge in [0.1, 0.15) is 28.3 Å². The van der Waals surface area contributed by atoms with Crippen molar-refractivity contribution >= 4 is 9.84 Å². The number of nitriles is 1. The molecule has 8 heteroatoms. The largest absolute Gasteiger partial charge is 0.491 e. The van der Waals surface area contributed by atoms with Crippen LogP contribution in [0.5, 0.6) is 5.75 Å². The predicted octanol–water partition coefficient (Wildman–Crippen LogP) is 0.986. The lowest BCUT2D eigenvalue weighted by molar-refractivity contribution is 0.0721. The van der Waals surface area contributed by atoms with Crippen LogP contribution >= 0.6 is 0 Å². The number of β-amino-alcohol motifs (C(OH)–C–C–N with tert-alkyl or cyclic N) is 1. The van der Waals surface area contributed by atoms with Crippen LogP contribution in [0.3, 0.4) is 0 Å². The van der Waals surface area contributed by atoms with Crippen LogP contribution in [-0.2, 0) is 9.84 Å². The fourth-order valence-corrected chi connectivity index (χ4v) is 5.20. The quantitative estimate of drug-likeness (QED) is 0.602. The number of fused-ring (bicyclic) bond motifs is 1. The summed E-state index contributed by atoms with van der Waals surface area (Å²) in [4.78, 5) is 4.70. The molecule has 2 aliphatic rings. The molecule has 3 atom stereocenters. The zero-order valence-electron chi connectivity index (χ0n) is 17.0. The molecule has 1 aromatic rings. The SMILES string of the molecule is CCS(=O)(=O)CCCN1CC2CN(C[C@@H](O)COc3ccc(C#N)cc3)CC2C1. The number of aliphatic hydroxyl groups excluding tert-OH is 1. The fourth-order valence-electron chi connectivity index (χ4n) is 4.34. The van der Waals surface area contributed by atoms with Crippen molar-refractivity contribution in [2.45, 2.75) is 19.4 Å². The molecule has 0 saturated carbocycles. The molecule has 2 unspecified atom stereocenters. The number of benzene rings is 1. The van der Waals surface area contributed by atoms with Gasteiger partial charge in [0.2, 0.25) is 0 Å². The molecule has 0 aliphatic carbocycles. The summed E-state index contributed by atoms with van der Waals surface area (Å²) in [6.45, 7) is 7.37. The maximum Gasteiger partial charge on any atom is 0.150 e. The summed E-state index contributed by atoms with van der Waals surface area (Å²) in [5.74, 6) is 2.37. The summed E-state index contributed by atoms with van der Waals surface area (Å²) in [5, 5.41) is 19.1. The van der Waals surface area contributed by atoms with Crippen molar-refractivity contribution in [2.75, 3.05) is 57.4 Å². The molecule has 2 fully saturated rings. The van der Waals surface area contributed by atoms with Crippen molar-refractivity contribution in [3.63, 3.8) is 0 Å². The number of hydrogen-bond acceptors (Lipinski definition) is 7. The lowest BCUT2D eigenvalue weighted by Gasteiger charge is -2.23. The summed E-state index contributed by atoms with van der Waals surface area (Å²) < 4.78 is 28.9. The molecule has 160 valence electrons. The fraction of sp³-hybridized carbons (Fsp3) is 0.667. The van der Waals surface area contributed by atoms with Crippen LogP contribution in [0.25, 0.3) is 0 Å². The molecule has 2 saturated heterocycles. The van der Waals surface area contributed by atoms with E-state index in [9.17, 15) is 13.5 Å². The Kier molecular flexibility index (Phi) is 7.52. The predicted molar refractivity (Wildman–Crippen MR) is 111 cm³/mol. The van der Waals surface area contributed by atoms with E-state index in [1.807, 2.05) is 0 Å². The van der Waals surface area contributed by atoms with Gasteiger partial charge in [-0.05, 0) is 49.1 Å². The van der Waals surface area contributed by atoms with Gasteiger partial charge in [-0.15, -0.1) is 0 Å². The van der Waals surface area contributed by atoms with Crippen LogP contribution in [-0.4, -0.2) is 86.8 Å².